The third-order valence-corrected chi connectivity index (χ3v) is 4.43. The summed E-state index contributed by atoms with van der Waals surface area (Å²) in [5, 5.41) is 5.58. The molecule has 0 aliphatic rings. The van der Waals surface area contributed by atoms with Gasteiger partial charge in [-0.05, 0) is 39.9 Å². The topological polar surface area (TPSA) is 42.2 Å². The molecule has 3 aromatic rings. The zero-order valence-electron chi connectivity index (χ0n) is 10.4. The van der Waals surface area contributed by atoms with Crippen LogP contribution in [0.2, 0.25) is 0 Å². The lowest BCUT2D eigenvalue weighted by Crippen LogP contribution is -2.13. The molecule has 0 atom stereocenters. The second-order valence-corrected chi connectivity index (χ2v) is 6.13. The molecule has 0 saturated heterocycles. The number of aromatic nitrogens is 3. The van der Waals surface area contributed by atoms with Gasteiger partial charge in [-0.25, -0.2) is 9.97 Å². The Labute approximate surface area is 123 Å². The highest BCUT2D eigenvalue weighted by Crippen LogP contribution is 2.15. The summed E-state index contributed by atoms with van der Waals surface area (Å²) in [6.07, 6.45) is 5.59. The highest BCUT2D eigenvalue weighted by atomic mass is 79.9. The molecule has 4 nitrogen and oxygen atoms in total. The molecule has 0 aliphatic heterocycles. The van der Waals surface area contributed by atoms with Crippen LogP contribution in [0.5, 0.6) is 0 Å². The van der Waals surface area contributed by atoms with Crippen molar-refractivity contribution in [1.82, 2.24) is 19.7 Å². The Morgan fingerprint density at radius 1 is 1.32 bits per heavy atom. The van der Waals surface area contributed by atoms with Crippen molar-refractivity contribution in [1.29, 1.82) is 0 Å². The third kappa shape index (κ3) is 2.70. The molecule has 0 spiro atoms. The lowest BCUT2D eigenvalue weighted by atomic mass is 10.3. The first-order valence-corrected chi connectivity index (χ1v) is 7.62. The lowest BCUT2D eigenvalue weighted by molar-refractivity contribution is 0.679. The van der Waals surface area contributed by atoms with Crippen LogP contribution in [0, 0.1) is 6.92 Å². The molecule has 0 amide bonds. The van der Waals surface area contributed by atoms with E-state index in [4.69, 9.17) is 0 Å². The Balaban J connectivity index is 1.72. The van der Waals surface area contributed by atoms with E-state index < -0.39 is 0 Å². The number of imidazole rings is 1. The minimum Gasteiger partial charge on any atom is -0.306 e. The van der Waals surface area contributed by atoms with Crippen molar-refractivity contribution in [3.8, 4) is 0 Å². The van der Waals surface area contributed by atoms with Crippen LogP contribution < -0.4 is 5.32 Å². The number of nitrogens with one attached hydrogen (secondary N) is 1. The average Bonchev–Trinajstić information content (AvgIpc) is 2.97. The van der Waals surface area contributed by atoms with Crippen LogP contribution in [0.1, 0.15) is 16.1 Å². The molecule has 1 N–H and O–H groups in total. The molecule has 0 unspecified atom stereocenters. The maximum atomic E-state index is 4.34. The van der Waals surface area contributed by atoms with Crippen molar-refractivity contribution in [2.75, 3.05) is 0 Å². The minimum absolute atomic E-state index is 0.787. The van der Waals surface area contributed by atoms with Crippen molar-refractivity contribution >= 4 is 32.9 Å². The molecule has 0 radical (unpaired) electrons. The zero-order chi connectivity index (χ0) is 13.2. The van der Waals surface area contributed by atoms with E-state index in [0.29, 0.717) is 0 Å². The van der Waals surface area contributed by atoms with Crippen molar-refractivity contribution in [3.63, 3.8) is 0 Å². The summed E-state index contributed by atoms with van der Waals surface area (Å²) in [6, 6.07) is 2.15. The van der Waals surface area contributed by atoms with Crippen molar-refractivity contribution in [2.24, 2.45) is 0 Å². The predicted molar refractivity (Wildman–Crippen MR) is 80.3 cm³/mol. The summed E-state index contributed by atoms with van der Waals surface area (Å²) in [5.41, 5.74) is 3.35. The predicted octanol–water partition coefficient (Wildman–Crippen LogP) is 3.15. The molecule has 3 aromatic heterocycles. The van der Waals surface area contributed by atoms with Gasteiger partial charge in [0.05, 0.1) is 18.1 Å². The molecule has 0 aromatic carbocycles. The number of aryl methyl sites for hydroxylation is 1. The second kappa shape index (κ2) is 5.40. The van der Waals surface area contributed by atoms with Crippen LogP contribution in [-0.4, -0.2) is 14.4 Å². The van der Waals surface area contributed by atoms with E-state index in [-0.39, 0.29) is 0 Å². The van der Waals surface area contributed by atoms with Crippen LogP contribution in [-0.2, 0) is 13.1 Å². The van der Waals surface area contributed by atoms with Crippen LogP contribution in [0.25, 0.3) is 5.65 Å². The zero-order valence-corrected chi connectivity index (χ0v) is 12.8. The van der Waals surface area contributed by atoms with Gasteiger partial charge in [0, 0.05) is 24.2 Å². The van der Waals surface area contributed by atoms with E-state index in [2.05, 4.69) is 49.6 Å². The normalized spacial score (nSPS) is 11.3. The molecule has 3 rings (SSSR count). The van der Waals surface area contributed by atoms with Gasteiger partial charge in [0.15, 0.2) is 5.65 Å². The second-order valence-electron chi connectivity index (χ2n) is 4.32. The fourth-order valence-corrected chi connectivity index (χ4v) is 3.12. The van der Waals surface area contributed by atoms with Crippen LogP contribution in [0.3, 0.4) is 0 Å². The maximum absolute atomic E-state index is 4.34. The summed E-state index contributed by atoms with van der Waals surface area (Å²) >= 11 is 5.17. The van der Waals surface area contributed by atoms with Gasteiger partial charge < -0.3 is 5.32 Å². The van der Waals surface area contributed by atoms with Gasteiger partial charge in [0.1, 0.15) is 4.60 Å². The van der Waals surface area contributed by atoms with Crippen LogP contribution >= 0.6 is 27.3 Å². The Morgan fingerprint density at radius 3 is 3.00 bits per heavy atom. The minimum atomic E-state index is 0.787. The van der Waals surface area contributed by atoms with Gasteiger partial charge in [0.25, 0.3) is 0 Å². The molecule has 19 heavy (non-hydrogen) atoms. The Morgan fingerprint density at radius 2 is 2.21 bits per heavy atom. The number of hydrogen-bond acceptors (Lipinski definition) is 4. The first-order valence-electron chi connectivity index (χ1n) is 5.95. The fourth-order valence-electron chi connectivity index (χ4n) is 1.94. The van der Waals surface area contributed by atoms with Crippen LogP contribution in [0.4, 0.5) is 0 Å². The van der Waals surface area contributed by atoms with E-state index in [1.54, 1.807) is 17.5 Å². The molecular weight excluding hydrogens is 324 g/mol. The summed E-state index contributed by atoms with van der Waals surface area (Å²) in [7, 11) is 0. The van der Waals surface area contributed by atoms with Gasteiger partial charge in [-0.3, -0.25) is 4.40 Å². The van der Waals surface area contributed by atoms with E-state index in [9.17, 15) is 0 Å². The highest BCUT2D eigenvalue weighted by molar-refractivity contribution is 9.10. The Kier molecular flexibility index (Phi) is 3.63. The maximum Gasteiger partial charge on any atom is 0.155 e. The summed E-state index contributed by atoms with van der Waals surface area (Å²) in [4.78, 5) is 9.89. The van der Waals surface area contributed by atoms with Gasteiger partial charge in [0.2, 0.25) is 0 Å². The molecule has 0 saturated carbocycles. The third-order valence-electron chi connectivity index (χ3n) is 3.00. The smallest absolute Gasteiger partial charge is 0.155 e. The van der Waals surface area contributed by atoms with E-state index >= 15 is 0 Å². The first kappa shape index (κ1) is 12.8. The van der Waals surface area contributed by atoms with Crippen molar-refractivity contribution < 1.29 is 0 Å². The van der Waals surface area contributed by atoms with Crippen molar-refractivity contribution in [2.45, 2.75) is 20.0 Å². The standard InChI is InChI=1S/C13H13BrN4S/c1-9-2-3-19-11(9)6-15-4-10-5-17-13-7-16-12(14)8-18(10)13/h2-3,5,7-8,15H,4,6H2,1H3. The lowest BCUT2D eigenvalue weighted by Gasteiger charge is -2.04. The number of rotatable bonds is 4. The average molecular weight is 337 g/mol. The van der Waals surface area contributed by atoms with Crippen molar-refractivity contribution in [3.05, 3.63) is 50.8 Å². The first-order chi connectivity index (χ1) is 9.24. The van der Waals surface area contributed by atoms with Gasteiger partial charge in [-0.15, -0.1) is 11.3 Å². The Bertz CT molecular complexity index is 704. The summed E-state index contributed by atoms with van der Waals surface area (Å²) in [5.74, 6) is 0. The van der Waals surface area contributed by atoms with Gasteiger partial charge >= 0.3 is 0 Å². The molecule has 6 heteroatoms. The number of hydrogen-bond donors (Lipinski definition) is 1. The number of thiophene rings is 1. The molecular formula is C13H13BrN4S. The summed E-state index contributed by atoms with van der Waals surface area (Å²) < 4.78 is 2.86. The van der Waals surface area contributed by atoms with Gasteiger partial charge in [-0.2, -0.15) is 0 Å². The number of nitrogens with zero attached hydrogens (tertiary/aromatic N) is 3. The molecule has 0 aliphatic carbocycles. The van der Waals surface area contributed by atoms with E-state index in [1.807, 2.05) is 16.8 Å². The molecule has 3 heterocycles. The molecule has 0 bridgehead atoms. The molecule has 98 valence electrons. The van der Waals surface area contributed by atoms with Crippen LogP contribution in [0.15, 0.2) is 34.6 Å². The van der Waals surface area contributed by atoms with Gasteiger partial charge in [-0.1, -0.05) is 0 Å². The largest absolute Gasteiger partial charge is 0.306 e. The summed E-state index contributed by atoms with van der Waals surface area (Å²) in [6.45, 7) is 3.82. The molecule has 0 fully saturated rings. The quantitative estimate of drug-likeness (QED) is 0.795. The highest BCUT2D eigenvalue weighted by Gasteiger charge is 2.05. The van der Waals surface area contributed by atoms with E-state index in [0.717, 1.165) is 29.0 Å². The SMILES string of the molecule is Cc1ccsc1CNCc1cnc2cnc(Br)cn12. The number of halogens is 1. The Hall–Kier alpha value is -1.24. The fraction of sp³-hybridized carbons (Fsp3) is 0.231. The van der Waals surface area contributed by atoms with E-state index in [1.165, 1.54) is 10.4 Å². The number of fused-ring (bicyclic) bond motifs is 1. The monoisotopic (exact) mass is 336 g/mol.